The molecule has 15 heteroatoms. The zero-order valence-corrected chi connectivity index (χ0v) is 18.6. The Morgan fingerprint density at radius 3 is 2.17 bits per heavy atom. The van der Waals surface area contributed by atoms with Crippen LogP contribution in [0.1, 0.15) is 0 Å². The zero-order valence-electron chi connectivity index (χ0n) is 17.8. The van der Waals surface area contributed by atoms with Gasteiger partial charge in [-0.2, -0.15) is 4.52 Å². The maximum atomic E-state index is 13.4. The molecule has 0 atom stereocenters. The van der Waals surface area contributed by atoms with E-state index in [1.807, 2.05) is 0 Å². The Labute approximate surface area is 202 Å². The monoisotopic (exact) mass is 501 g/mol. The average molecular weight is 501 g/mol. The van der Waals surface area contributed by atoms with E-state index in [0.29, 0.717) is 31.9 Å². The van der Waals surface area contributed by atoms with Crippen LogP contribution in [0.4, 0.5) is 23.0 Å². The van der Waals surface area contributed by atoms with Crippen LogP contribution in [0.3, 0.4) is 0 Å². The highest BCUT2D eigenvalue weighted by atomic mass is 32.1. The molecule has 0 amide bonds. The van der Waals surface area contributed by atoms with Gasteiger partial charge in [0.25, 0.3) is 16.9 Å². The number of fused-ring (bicyclic) bond motifs is 4. The van der Waals surface area contributed by atoms with Gasteiger partial charge in [0.15, 0.2) is 0 Å². The number of thiophene rings is 1. The molecule has 2 aromatic carbocycles. The number of nitrogens with one attached hydrogen (secondary N) is 1. The molecule has 0 aliphatic heterocycles. The van der Waals surface area contributed by atoms with Crippen LogP contribution in [0.5, 0.6) is 0 Å². The number of benzene rings is 2. The minimum atomic E-state index is -0.520. The molecule has 0 radical (unpaired) electrons. The topological polar surface area (TPSA) is 176 Å². The Kier molecular flexibility index (Phi) is 4.65. The first kappa shape index (κ1) is 21.2. The first-order chi connectivity index (χ1) is 17.4. The average Bonchev–Trinajstić information content (AvgIpc) is 3.43. The molecule has 0 saturated heterocycles. The fourth-order valence-corrected chi connectivity index (χ4v) is 4.67. The van der Waals surface area contributed by atoms with E-state index >= 15 is 0 Å². The lowest BCUT2D eigenvalue weighted by molar-refractivity contribution is -0.385. The van der Waals surface area contributed by atoms with E-state index in [9.17, 15) is 25.0 Å². The number of non-ortho nitro benzene ring substituents is 2. The summed E-state index contributed by atoms with van der Waals surface area (Å²) in [5.74, 6) is 0.298. The fourth-order valence-electron chi connectivity index (χ4n) is 3.70. The van der Waals surface area contributed by atoms with E-state index in [1.165, 1.54) is 65.5 Å². The molecule has 0 bridgehead atoms. The van der Waals surface area contributed by atoms with Crippen molar-refractivity contribution in [2.24, 2.45) is 0 Å². The van der Waals surface area contributed by atoms with Crippen molar-refractivity contribution in [2.45, 2.75) is 0 Å². The molecular formula is C21H11N9O5S. The molecule has 14 nitrogen and oxygen atoms in total. The number of rotatable bonds is 5. The summed E-state index contributed by atoms with van der Waals surface area (Å²) >= 11 is 1.15. The molecule has 0 saturated carbocycles. The third kappa shape index (κ3) is 3.30. The van der Waals surface area contributed by atoms with E-state index < -0.39 is 15.4 Å². The number of nitrogens with zero attached hydrogens (tertiary/aromatic N) is 8. The van der Waals surface area contributed by atoms with E-state index in [4.69, 9.17) is 0 Å². The van der Waals surface area contributed by atoms with Crippen LogP contribution >= 0.6 is 11.3 Å². The van der Waals surface area contributed by atoms with Crippen LogP contribution in [0, 0.1) is 20.2 Å². The standard InChI is InChI=1S/C21H11N9O5S/c31-19-17-15(16-18(36-17)23-10-9-22-16)25-21-27(12-5-7-14(8-6-12)30(34)35)20(26-28(19)21)24-11-1-3-13(4-2-11)29(32)33/h1-10H,(H,24,26). The van der Waals surface area contributed by atoms with Crippen molar-refractivity contribution in [3.8, 4) is 5.69 Å². The van der Waals surface area contributed by atoms with Gasteiger partial charge in [0.1, 0.15) is 20.6 Å². The van der Waals surface area contributed by atoms with Gasteiger partial charge in [0.2, 0.25) is 11.7 Å². The second-order valence-electron chi connectivity index (χ2n) is 7.48. The quantitative estimate of drug-likeness (QED) is 0.271. The Bertz CT molecular complexity index is 1890. The molecule has 4 heterocycles. The lowest BCUT2D eigenvalue weighted by Crippen LogP contribution is -2.15. The minimum absolute atomic E-state index is 0.0875. The van der Waals surface area contributed by atoms with Crippen LogP contribution in [0.15, 0.2) is 65.7 Å². The van der Waals surface area contributed by atoms with Crippen LogP contribution in [-0.2, 0) is 0 Å². The minimum Gasteiger partial charge on any atom is -0.324 e. The molecule has 4 aromatic heterocycles. The van der Waals surface area contributed by atoms with Gasteiger partial charge in [-0.25, -0.2) is 19.5 Å². The van der Waals surface area contributed by atoms with Crippen LogP contribution in [-0.4, -0.2) is 39.0 Å². The highest BCUT2D eigenvalue weighted by Gasteiger charge is 2.21. The van der Waals surface area contributed by atoms with Crippen LogP contribution in [0.25, 0.3) is 32.0 Å². The fraction of sp³-hybridized carbons (Fsp3) is 0. The summed E-state index contributed by atoms with van der Waals surface area (Å²) in [6, 6.07) is 11.3. The number of hydrogen-bond acceptors (Lipinski definition) is 11. The summed E-state index contributed by atoms with van der Waals surface area (Å²) in [6.07, 6.45) is 3.03. The Balaban J connectivity index is 1.60. The lowest BCUT2D eigenvalue weighted by atomic mass is 10.3. The van der Waals surface area contributed by atoms with Crippen LogP contribution < -0.4 is 10.9 Å². The molecular weight excluding hydrogens is 490 g/mol. The van der Waals surface area contributed by atoms with Crippen molar-refractivity contribution < 1.29 is 9.85 Å². The summed E-state index contributed by atoms with van der Waals surface area (Å²) in [5.41, 5.74) is 1.10. The molecule has 0 aliphatic carbocycles. The van der Waals surface area contributed by atoms with Gasteiger partial charge < -0.3 is 5.32 Å². The third-order valence-corrected chi connectivity index (χ3v) is 6.41. The lowest BCUT2D eigenvalue weighted by Gasteiger charge is -2.09. The molecule has 176 valence electrons. The Hall–Kier alpha value is -5.31. The van der Waals surface area contributed by atoms with Crippen molar-refractivity contribution in [1.29, 1.82) is 0 Å². The van der Waals surface area contributed by atoms with Crippen molar-refractivity contribution >= 4 is 60.7 Å². The van der Waals surface area contributed by atoms with Crippen molar-refractivity contribution in [1.82, 2.24) is 29.1 Å². The van der Waals surface area contributed by atoms with Gasteiger partial charge in [-0.1, -0.05) is 0 Å². The van der Waals surface area contributed by atoms with Crippen molar-refractivity contribution in [2.75, 3.05) is 5.32 Å². The second-order valence-corrected chi connectivity index (χ2v) is 8.48. The Morgan fingerprint density at radius 2 is 1.50 bits per heavy atom. The normalized spacial score (nSPS) is 11.3. The number of nitro benzene ring substituents is 2. The molecule has 6 rings (SSSR count). The number of nitro groups is 2. The number of aromatic nitrogens is 6. The third-order valence-electron chi connectivity index (χ3n) is 5.35. The summed E-state index contributed by atoms with van der Waals surface area (Å²) in [6.45, 7) is 0. The summed E-state index contributed by atoms with van der Waals surface area (Å²) in [5, 5.41) is 29.6. The molecule has 0 spiro atoms. The molecule has 0 aliphatic rings. The molecule has 0 fully saturated rings. The SMILES string of the molecule is O=c1c2sc3nccnc3c2nc2n(-c3ccc([N+](=O)[O-])cc3)c(Nc3ccc([N+](=O)[O-])cc3)nn12. The van der Waals surface area contributed by atoms with Crippen molar-refractivity contribution in [3.63, 3.8) is 0 Å². The van der Waals surface area contributed by atoms with Gasteiger partial charge in [0.05, 0.1) is 15.5 Å². The zero-order chi connectivity index (χ0) is 25.0. The molecule has 6 aromatic rings. The van der Waals surface area contributed by atoms with Crippen molar-refractivity contribution in [3.05, 3.63) is 91.5 Å². The van der Waals surface area contributed by atoms with E-state index in [1.54, 1.807) is 0 Å². The first-order valence-electron chi connectivity index (χ1n) is 10.2. The second kappa shape index (κ2) is 7.88. The highest BCUT2D eigenvalue weighted by molar-refractivity contribution is 7.25. The molecule has 0 unspecified atom stereocenters. The predicted molar refractivity (Wildman–Crippen MR) is 130 cm³/mol. The smallest absolute Gasteiger partial charge is 0.293 e. The summed E-state index contributed by atoms with van der Waals surface area (Å²) in [7, 11) is 0. The molecule has 36 heavy (non-hydrogen) atoms. The highest BCUT2D eigenvalue weighted by Crippen LogP contribution is 2.30. The predicted octanol–water partition coefficient (Wildman–Crippen LogP) is 3.60. The van der Waals surface area contributed by atoms with Gasteiger partial charge in [0, 0.05) is 42.3 Å². The van der Waals surface area contributed by atoms with Gasteiger partial charge in [-0.05, 0) is 24.3 Å². The largest absolute Gasteiger partial charge is 0.324 e. The van der Waals surface area contributed by atoms with E-state index in [2.05, 4.69) is 25.4 Å². The van der Waals surface area contributed by atoms with E-state index in [-0.39, 0.29) is 23.1 Å². The van der Waals surface area contributed by atoms with Gasteiger partial charge in [-0.3, -0.25) is 25.0 Å². The first-order valence-corrected chi connectivity index (χ1v) is 11.0. The van der Waals surface area contributed by atoms with Crippen LogP contribution in [0.2, 0.25) is 0 Å². The maximum absolute atomic E-state index is 13.4. The van der Waals surface area contributed by atoms with E-state index in [0.717, 1.165) is 15.9 Å². The summed E-state index contributed by atoms with van der Waals surface area (Å²) in [4.78, 5) is 48.3. The van der Waals surface area contributed by atoms with Gasteiger partial charge >= 0.3 is 0 Å². The Morgan fingerprint density at radius 1 is 0.861 bits per heavy atom. The number of hydrogen-bond donors (Lipinski definition) is 1. The summed E-state index contributed by atoms with van der Waals surface area (Å²) < 4.78 is 2.96. The maximum Gasteiger partial charge on any atom is 0.293 e. The number of anilines is 2. The molecule has 1 N–H and O–H groups in total. The van der Waals surface area contributed by atoms with Gasteiger partial charge in [-0.15, -0.1) is 16.4 Å².